The van der Waals surface area contributed by atoms with E-state index >= 15 is 0 Å². The molecule has 0 spiro atoms. The number of nitrogens with one attached hydrogen (secondary N) is 1. The van der Waals surface area contributed by atoms with Crippen LogP contribution < -0.4 is 10.1 Å². The van der Waals surface area contributed by atoms with Gasteiger partial charge in [-0.2, -0.15) is 0 Å². The molecule has 34 heavy (non-hydrogen) atoms. The number of ether oxygens (including phenoxy) is 1. The molecule has 186 valence electrons. The van der Waals surface area contributed by atoms with Crippen LogP contribution in [-0.4, -0.2) is 72.3 Å². The van der Waals surface area contributed by atoms with E-state index in [9.17, 15) is 9.00 Å². The van der Waals surface area contributed by atoms with Crippen molar-refractivity contribution in [2.75, 3.05) is 46.4 Å². The van der Waals surface area contributed by atoms with Crippen molar-refractivity contribution in [3.8, 4) is 5.75 Å². The van der Waals surface area contributed by atoms with Crippen LogP contribution in [0.25, 0.3) is 0 Å². The Kier molecular flexibility index (Phi) is 9.18. The van der Waals surface area contributed by atoms with Gasteiger partial charge in [-0.3, -0.25) is 9.00 Å². The van der Waals surface area contributed by atoms with Crippen LogP contribution in [0.5, 0.6) is 5.75 Å². The van der Waals surface area contributed by atoms with Gasteiger partial charge in [0.1, 0.15) is 11.5 Å². The lowest BCUT2D eigenvalue weighted by Gasteiger charge is -2.40. The summed E-state index contributed by atoms with van der Waals surface area (Å²) in [5.41, 5.74) is 0. The second kappa shape index (κ2) is 12.5. The number of carbonyl (C=O) groups is 1. The molecule has 2 fully saturated rings. The van der Waals surface area contributed by atoms with Gasteiger partial charge in [0.25, 0.3) is 5.91 Å². The van der Waals surface area contributed by atoms with Crippen LogP contribution in [0.1, 0.15) is 54.8 Å². The molecule has 0 bridgehead atoms. The Morgan fingerprint density at radius 2 is 1.79 bits per heavy atom. The van der Waals surface area contributed by atoms with Gasteiger partial charge >= 0.3 is 0 Å². The maximum absolute atomic E-state index is 12.6. The molecule has 8 heteroatoms. The zero-order valence-corrected chi connectivity index (χ0v) is 21.0. The Morgan fingerprint density at radius 1 is 1.06 bits per heavy atom. The van der Waals surface area contributed by atoms with E-state index in [2.05, 4.69) is 15.1 Å². The quantitative estimate of drug-likeness (QED) is 0.516. The lowest BCUT2D eigenvalue weighted by Crippen LogP contribution is -2.47. The van der Waals surface area contributed by atoms with Gasteiger partial charge in [0, 0.05) is 17.5 Å². The standard InChI is InChI=1S/C26H37N3O4S/c1-32-22-6-9-24(10-7-22)34(31)20-23-8-11-25(33-23)26(30)27-14-5-15-28-18-12-21(13-19-28)29-16-3-2-4-17-29/h6-11,21H,2-5,12-20H2,1H3,(H,27,30)/t34-/m1/s1. The topological polar surface area (TPSA) is 75.0 Å². The van der Waals surface area contributed by atoms with Crippen molar-refractivity contribution in [3.63, 3.8) is 0 Å². The van der Waals surface area contributed by atoms with Crippen molar-refractivity contribution in [2.24, 2.45) is 0 Å². The van der Waals surface area contributed by atoms with Crippen molar-refractivity contribution < 1.29 is 18.2 Å². The van der Waals surface area contributed by atoms with Gasteiger partial charge in [-0.1, -0.05) is 6.42 Å². The summed E-state index contributed by atoms with van der Waals surface area (Å²) in [7, 11) is 0.349. The van der Waals surface area contributed by atoms with Crippen molar-refractivity contribution in [1.29, 1.82) is 0 Å². The van der Waals surface area contributed by atoms with Gasteiger partial charge in [-0.15, -0.1) is 0 Å². The predicted octanol–water partition coefficient (Wildman–Crippen LogP) is 3.67. The molecule has 0 unspecified atom stereocenters. The highest BCUT2D eigenvalue weighted by atomic mass is 32.2. The third kappa shape index (κ3) is 6.93. The minimum atomic E-state index is -1.25. The Morgan fingerprint density at radius 3 is 2.50 bits per heavy atom. The molecule has 0 aliphatic carbocycles. The molecule has 1 aromatic carbocycles. The molecule has 1 aromatic heterocycles. The largest absolute Gasteiger partial charge is 0.497 e. The molecule has 1 N–H and O–H groups in total. The van der Waals surface area contributed by atoms with Crippen LogP contribution in [0.2, 0.25) is 0 Å². The molecule has 0 radical (unpaired) electrons. The lowest BCUT2D eigenvalue weighted by molar-refractivity contribution is 0.0891. The summed E-state index contributed by atoms with van der Waals surface area (Å²) >= 11 is 0. The second-order valence-electron chi connectivity index (χ2n) is 9.21. The Balaban J connectivity index is 1.13. The monoisotopic (exact) mass is 487 g/mol. The first-order chi connectivity index (χ1) is 16.6. The molecule has 1 atom stereocenters. The van der Waals surface area contributed by atoms with Crippen molar-refractivity contribution in [2.45, 2.75) is 55.2 Å². The number of piperidine rings is 2. The maximum atomic E-state index is 12.6. The summed E-state index contributed by atoms with van der Waals surface area (Å²) in [5, 5.41) is 2.95. The SMILES string of the molecule is COc1ccc([S@](=O)Cc2ccc(C(=O)NCCCN3CCC(N4CCCCC4)CC3)o2)cc1. The van der Waals surface area contributed by atoms with Gasteiger partial charge in [0.15, 0.2) is 5.76 Å². The van der Waals surface area contributed by atoms with Crippen LogP contribution in [0.4, 0.5) is 0 Å². The third-order valence-electron chi connectivity index (χ3n) is 6.88. The minimum Gasteiger partial charge on any atom is -0.497 e. The molecule has 4 rings (SSSR count). The Hall–Kier alpha value is -2.16. The third-order valence-corrected chi connectivity index (χ3v) is 8.23. The van der Waals surface area contributed by atoms with Crippen LogP contribution >= 0.6 is 0 Å². The highest BCUT2D eigenvalue weighted by Crippen LogP contribution is 2.21. The van der Waals surface area contributed by atoms with Gasteiger partial charge in [-0.25, -0.2) is 0 Å². The fourth-order valence-corrected chi connectivity index (χ4v) is 5.92. The normalized spacial score (nSPS) is 19.1. The van der Waals surface area contributed by atoms with Crippen molar-refractivity contribution in [3.05, 3.63) is 47.9 Å². The van der Waals surface area contributed by atoms with Crippen molar-refractivity contribution in [1.82, 2.24) is 15.1 Å². The van der Waals surface area contributed by atoms with E-state index in [1.807, 2.05) is 0 Å². The zero-order valence-electron chi connectivity index (χ0n) is 20.2. The number of methoxy groups -OCH3 is 1. The molecular formula is C26H37N3O4S. The number of hydrogen-bond donors (Lipinski definition) is 1. The zero-order chi connectivity index (χ0) is 23.8. The Labute approximate surface area is 205 Å². The highest BCUT2D eigenvalue weighted by Gasteiger charge is 2.25. The highest BCUT2D eigenvalue weighted by molar-refractivity contribution is 7.84. The average Bonchev–Trinajstić information content (AvgIpc) is 3.36. The van der Waals surface area contributed by atoms with E-state index in [-0.39, 0.29) is 17.4 Å². The first-order valence-electron chi connectivity index (χ1n) is 12.5. The van der Waals surface area contributed by atoms with E-state index in [0.717, 1.165) is 37.8 Å². The van der Waals surface area contributed by atoms with Crippen LogP contribution in [0, 0.1) is 0 Å². The maximum Gasteiger partial charge on any atom is 0.286 e. The number of furan rings is 1. The molecular weight excluding hydrogens is 450 g/mol. The summed E-state index contributed by atoms with van der Waals surface area (Å²) in [6.45, 7) is 6.51. The predicted molar refractivity (Wildman–Crippen MR) is 134 cm³/mol. The van der Waals surface area contributed by atoms with Crippen LogP contribution in [0.15, 0.2) is 45.7 Å². The van der Waals surface area contributed by atoms with Crippen LogP contribution in [-0.2, 0) is 16.6 Å². The summed E-state index contributed by atoms with van der Waals surface area (Å²) < 4.78 is 23.4. The van der Waals surface area contributed by atoms with E-state index in [0.29, 0.717) is 17.2 Å². The molecule has 3 heterocycles. The molecule has 1 amide bonds. The number of nitrogens with zero attached hydrogens (tertiary/aromatic N) is 2. The number of rotatable bonds is 10. The van der Waals surface area contributed by atoms with Gasteiger partial charge in [0.05, 0.1) is 23.7 Å². The first kappa shape index (κ1) is 24.9. The molecule has 7 nitrogen and oxygen atoms in total. The van der Waals surface area contributed by atoms with Gasteiger partial charge < -0.3 is 24.3 Å². The number of amides is 1. The lowest BCUT2D eigenvalue weighted by atomic mass is 10.00. The van der Waals surface area contributed by atoms with E-state index in [1.165, 1.54) is 45.2 Å². The fourth-order valence-electron chi connectivity index (χ4n) is 4.90. The molecule has 0 saturated carbocycles. The molecule has 2 saturated heterocycles. The smallest absolute Gasteiger partial charge is 0.286 e. The molecule has 2 aliphatic rings. The summed E-state index contributed by atoms with van der Waals surface area (Å²) in [5.74, 6) is 1.54. The molecule has 2 aromatic rings. The summed E-state index contributed by atoms with van der Waals surface area (Å²) in [6.07, 6.45) is 7.56. The first-order valence-corrected chi connectivity index (χ1v) is 13.8. The number of benzene rings is 1. The van der Waals surface area contributed by atoms with E-state index in [4.69, 9.17) is 9.15 Å². The average molecular weight is 488 g/mol. The second-order valence-corrected chi connectivity index (χ2v) is 10.7. The minimum absolute atomic E-state index is 0.217. The number of hydrogen-bond acceptors (Lipinski definition) is 6. The molecule has 2 aliphatic heterocycles. The van der Waals surface area contributed by atoms with Crippen molar-refractivity contribution >= 4 is 16.7 Å². The number of likely N-dealkylation sites (tertiary alicyclic amines) is 2. The fraction of sp³-hybridized carbons (Fsp3) is 0.577. The summed E-state index contributed by atoms with van der Waals surface area (Å²) in [6, 6.07) is 11.3. The van der Waals surface area contributed by atoms with Gasteiger partial charge in [-0.05, 0) is 101 Å². The van der Waals surface area contributed by atoms with Gasteiger partial charge in [0.2, 0.25) is 0 Å². The van der Waals surface area contributed by atoms with Crippen LogP contribution in [0.3, 0.4) is 0 Å². The Bertz CT molecular complexity index is 932. The van der Waals surface area contributed by atoms with E-state index in [1.54, 1.807) is 43.5 Å². The number of carbonyl (C=O) groups excluding carboxylic acids is 1. The van der Waals surface area contributed by atoms with E-state index < -0.39 is 10.8 Å². The summed E-state index contributed by atoms with van der Waals surface area (Å²) in [4.78, 5) is 18.4.